The molecule has 0 fully saturated rings. The van der Waals surface area contributed by atoms with Gasteiger partial charge < -0.3 is 19.9 Å². The van der Waals surface area contributed by atoms with E-state index in [1.165, 1.54) is 11.3 Å². The third-order valence-electron chi connectivity index (χ3n) is 4.18. The Kier molecular flexibility index (Phi) is 3.62. The number of fused-ring (bicyclic) bond motifs is 2. The normalized spacial score (nSPS) is 14.6. The topological polar surface area (TPSA) is 67.8 Å². The van der Waals surface area contributed by atoms with Gasteiger partial charge in [0.2, 0.25) is 0 Å². The van der Waals surface area contributed by atoms with Gasteiger partial charge in [0.1, 0.15) is 5.75 Å². The van der Waals surface area contributed by atoms with Gasteiger partial charge in [-0.3, -0.25) is 4.79 Å². The predicted molar refractivity (Wildman–Crippen MR) is 99.5 cm³/mol. The van der Waals surface area contributed by atoms with E-state index in [-0.39, 0.29) is 11.7 Å². The molecule has 1 aliphatic heterocycles. The average Bonchev–Trinajstić information content (AvgIpc) is 3.11. The lowest BCUT2D eigenvalue weighted by Crippen LogP contribution is -2.03. The van der Waals surface area contributed by atoms with Crippen LogP contribution in [0.15, 0.2) is 36.4 Å². The summed E-state index contributed by atoms with van der Waals surface area (Å²) in [5.41, 5.74) is 1.87. The second kappa shape index (κ2) is 5.82. The molecule has 0 radical (unpaired) electrons. The first-order valence-electron chi connectivity index (χ1n) is 7.62. The van der Waals surface area contributed by atoms with Crippen LogP contribution in [-0.4, -0.2) is 25.2 Å². The van der Waals surface area contributed by atoms with Gasteiger partial charge in [0, 0.05) is 21.7 Å². The number of aromatic hydroxyl groups is 1. The SMILES string of the molecule is COc1cc2c(cc1OC)C(=Cc1sc3ccccc3c1O)C(=O)N2. The minimum atomic E-state index is -0.220. The van der Waals surface area contributed by atoms with Crippen LogP contribution in [0, 0.1) is 0 Å². The largest absolute Gasteiger partial charge is 0.506 e. The fraction of sp³-hybridized carbons (Fsp3) is 0.105. The molecule has 1 amide bonds. The van der Waals surface area contributed by atoms with Gasteiger partial charge in [-0.2, -0.15) is 0 Å². The maximum absolute atomic E-state index is 12.4. The monoisotopic (exact) mass is 353 g/mol. The molecule has 5 nitrogen and oxygen atoms in total. The number of nitrogens with one attached hydrogen (secondary N) is 1. The number of hydrogen-bond donors (Lipinski definition) is 2. The van der Waals surface area contributed by atoms with E-state index in [1.54, 1.807) is 32.4 Å². The molecule has 3 aromatic rings. The Bertz CT molecular complexity index is 1040. The van der Waals surface area contributed by atoms with E-state index in [2.05, 4.69) is 5.32 Å². The van der Waals surface area contributed by atoms with E-state index in [0.717, 1.165) is 15.6 Å². The number of anilines is 1. The molecule has 6 heteroatoms. The Morgan fingerprint density at radius 2 is 1.84 bits per heavy atom. The van der Waals surface area contributed by atoms with Crippen LogP contribution in [0.3, 0.4) is 0 Å². The molecule has 2 aromatic carbocycles. The lowest BCUT2D eigenvalue weighted by molar-refractivity contribution is -0.110. The summed E-state index contributed by atoms with van der Waals surface area (Å²) in [5.74, 6) is 1.06. The van der Waals surface area contributed by atoms with Crippen molar-refractivity contribution in [1.82, 2.24) is 0 Å². The van der Waals surface area contributed by atoms with Crippen molar-refractivity contribution in [2.24, 2.45) is 0 Å². The van der Waals surface area contributed by atoms with Crippen LogP contribution in [0.2, 0.25) is 0 Å². The van der Waals surface area contributed by atoms with Crippen molar-refractivity contribution in [2.75, 3.05) is 19.5 Å². The second-order valence-electron chi connectivity index (χ2n) is 5.58. The summed E-state index contributed by atoms with van der Waals surface area (Å²) in [7, 11) is 3.10. The van der Waals surface area contributed by atoms with E-state index in [0.29, 0.717) is 27.6 Å². The Balaban J connectivity index is 1.87. The van der Waals surface area contributed by atoms with Gasteiger partial charge in [-0.05, 0) is 24.3 Å². The summed E-state index contributed by atoms with van der Waals surface area (Å²) in [4.78, 5) is 13.1. The number of rotatable bonds is 3. The van der Waals surface area contributed by atoms with Crippen LogP contribution in [0.5, 0.6) is 17.2 Å². The van der Waals surface area contributed by atoms with Gasteiger partial charge in [0.15, 0.2) is 11.5 Å². The van der Waals surface area contributed by atoms with Gasteiger partial charge in [-0.25, -0.2) is 0 Å². The summed E-state index contributed by atoms with van der Waals surface area (Å²) in [6.07, 6.45) is 1.72. The van der Waals surface area contributed by atoms with E-state index >= 15 is 0 Å². The highest BCUT2D eigenvalue weighted by Gasteiger charge is 2.27. The Morgan fingerprint density at radius 1 is 1.12 bits per heavy atom. The summed E-state index contributed by atoms with van der Waals surface area (Å²) < 4.78 is 11.6. The number of thiophene rings is 1. The average molecular weight is 353 g/mol. The van der Waals surface area contributed by atoms with Gasteiger partial charge in [0.05, 0.1) is 30.4 Å². The van der Waals surface area contributed by atoms with Crippen LogP contribution in [0.4, 0.5) is 5.69 Å². The number of benzene rings is 2. The first-order chi connectivity index (χ1) is 12.1. The fourth-order valence-electron chi connectivity index (χ4n) is 2.94. The number of amides is 1. The van der Waals surface area contributed by atoms with E-state index in [1.807, 2.05) is 24.3 Å². The van der Waals surface area contributed by atoms with Crippen LogP contribution in [-0.2, 0) is 4.79 Å². The zero-order valence-electron chi connectivity index (χ0n) is 13.6. The molecule has 0 spiro atoms. The quantitative estimate of drug-likeness (QED) is 0.695. The molecule has 2 N–H and O–H groups in total. The van der Waals surface area contributed by atoms with E-state index in [4.69, 9.17) is 9.47 Å². The number of carbonyl (C=O) groups is 1. The summed E-state index contributed by atoms with van der Waals surface area (Å²) in [6.45, 7) is 0. The minimum Gasteiger partial charge on any atom is -0.506 e. The number of hydrogen-bond acceptors (Lipinski definition) is 5. The third kappa shape index (κ3) is 2.42. The first-order valence-corrected chi connectivity index (χ1v) is 8.44. The van der Waals surface area contributed by atoms with Gasteiger partial charge in [-0.1, -0.05) is 12.1 Å². The number of ether oxygens (including phenoxy) is 2. The molecule has 0 unspecified atom stereocenters. The minimum absolute atomic E-state index is 0.190. The molecule has 0 aliphatic carbocycles. The number of carbonyl (C=O) groups excluding carboxylic acids is 1. The first kappa shape index (κ1) is 15.5. The fourth-order valence-corrected chi connectivity index (χ4v) is 3.98. The Morgan fingerprint density at radius 3 is 2.56 bits per heavy atom. The van der Waals surface area contributed by atoms with Crippen molar-refractivity contribution in [3.63, 3.8) is 0 Å². The van der Waals surface area contributed by atoms with E-state index in [9.17, 15) is 9.90 Å². The van der Waals surface area contributed by atoms with Gasteiger partial charge in [0.25, 0.3) is 5.91 Å². The Hall–Kier alpha value is -2.99. The van der Waals surface area contributed by atoms with E-state index < -0.39 is 0 Å². The molecule has 0 saturated carbocycles. The molecule has 4 rings (SSSR count). The lowest BCUT2D eigenvalue weighted by Gasteiger charge is -2.09. The van der Waals surface area contributed by atoms with Crippen LogP contribution in [0.1, 0.15) is 10.4 Å². The van der Waals surface area contributed by atoms with Crippen LogP contribution in [0.25, 0.3) is 21.7 Å². The van der Waals surface area contributed by atoms with Crippen molar-refractivity contribution in [3.8, 4) is 17.2 Å². The molecule has 1 aliphatic rings. The highest BCUT2D eigenvalue weighted by molar-refractivity contribution is 7.20. The van der Waals surface area contributed by atoms with Crippen LogP contribution < -0.4 is 14.8 Å². The zero-order chi connectivity index (χ0) is 17.6. The molecular weight excluding hydrogens is 338 g/mol. The maximum atomic E-state index is 12.4. The molecule has 0 atom stereocenters. The molecule has 0 saturated heterocycles. The van der Waals surface area contributed by atoms with Crippen molar-refractivity contribution >= 4 is 44.7 Å². The third-order valence-corrected chi connectivity index (χ3v) is 5.28. The van der Waals surface area contributed by atoms with Crippen molar-refractivity contribution in [3.05, 3.63) is 46.8 Å². The molecule has 0 bridgehead atoms. The standard InChI is InChI=1S/C19H15NO4S/c1-23-14-7-11-12(19(22)20-13(11)9-15(14)24-2)8-17-18(21)10-5-3-4-6-16(10)25-17/h3-9,21H,1-2H3,(H,20,22). The van der Waals surface area contributed by atoms with Crippen molar-refractivity contribution in [2.45, 2.75) is 0 Å². The summed E-state index contributed by atoms with van der Waals surface area (Å²) in [5, 5.41) is 14.1. The molecule has 25 heavy (non-hydrogen) atoms. The Labute approximate surface area is 148 Å². The second-order valence-corrected chi connectivity index (χ2v) is 6.66. The smallest absolute Gasteiger partial charge is 0.256 e. The summed E-state index contributed by atoms with van der Waals surface area (Å²) >= 11 is 1.44. The van der Waals surface area contributed by atoms with Gasteiger partial charge >= 0.3 is 0 Å². The number of methoxy groups -OCH3 is 2. The maximum Gasteiger partial charge on any atom is 0.256 e. The molecule has 2 heterocycles. The lowest BCUT2D eigenvalue weighted by atomic mass is 10.1. The van der Waals surface area contributed by atoms with Crippen LogP contribution >= 0.6 is 11.3 Å². The summed E-state index contributed by atoms with van der Waals surface area (Å²) in [6, 6.07) is 11.1. The van der Waals surface area contributed by atoms with Crippen molar-refractivity contribution < 1.29 is 19.4 Å². The highest BCUT2D eigenvalue weighted by atomic mass is 32.1. The molecule has 126 valence electrons. The van der Waals surface area contributed by atoms with Gasteiger partial charge in [-0.15, -0.1) is 11.3 Å². The molecule has 1 aromatic heterocycles. The van der Waals surface area contributed by atoms with Crippen molar-refractivity contribution in [1.29, 1.82) is 0 Å². The molecular formula is C19H15NO4S. The highest BCUT2D eigenvalue weighted by Crippen LogP contribution is 2.44. The zero-order valence-corrected chi connectivity index (χ0v) is 14.4. The predicted octanol–water partition coefficient (Wildman–Crippen LogP) is 4.12.